The fourth-order valence-corrected chi connectivity index (χ4v) is 5.38. The number of aromatic nitrogens is 1. The second-order valence-corrected chi connectivity index (χ2v) is 10.1. The molecule has 0 aliphatic carbocycles. The summed E-state index contributed by atoms with van der Waals surface area (Å²) in [6.07, 6.45) is 3.52. The van der Waals surface area contributed by atoms with Crippen LogP contribution in [0.15, 0.2) is 61.5 Å². The maximum Gasteiger partial charge on any atom is 0.346 e. The van der Waals surface area contributed by atoms with E-state index in [4.69, 9.17) is 4.42 Å². The zero-order chi connectivity index (χ0) is 22.2. The van der Waals surface area contributed by atoms with Crippen LogP contribution in [0.1, 0.15) is 31.7 Å². The maximum absolute atomic E-state index is 12.9. The van der Waals surface area contributed by atoms with Crippen LogP contribution in [0.3, 0.4) is 0 Å². The number of benzene rings is 2. The number of phenols is 1. The lowest BCUT2D eigenvalue weighted by Crippen LogP contribution is -2.36. The lowest BCUT2D eigenvalue weighted by atomic mass is 10.0. The van der Waals surface area contributed by atoms with E-state index < -0.39 is 5.63 Å². The molecule has 7 heteroatoms. The van der Waals surface area contributed by atoms with Gasteiger partial charge in [0.05, 0.1) is 16.8 Å². The average molecular weight is 511 g/mol. The Bertz CT molecular complexity index is 1330. The van der Waals surface area contributed by atoms with E-state index in [1.807, 2.05) is 35.7 Å². The molecule has 0 spiro atoms. The Balaban J connectivity index is 1.52. The predicted molar refractivity (Wildman–Crippen MR) is 132 cm³/mol. The molecule has 1 atom stereocenters. The van der Waals surface area contributed by atoms with Crippen LogP contribution >= 0.6 is 27.3 Å². The first kappa shape index (κ1) is 21.4. The molecule has 1 unspecified atom stereocenters. The minimum absolute atomic E-state index is 0.165. The average Bonchev–Trinajstić information content (AvgIpc) is 3.27. The van der Waals surface area contributed by atoms with Gasteiger partial charge in [0.15, 0.2) is 0 Å². The summed E-state index contributed by atoms with van der Waals surface area (Å²) in [5.74, 6) is 0.165. The predicted octanol–water partition coefficient (Wildman–Crippen LogP) is 6.43. The fraction of sp³-hybridized carbons (Fsp3) is 0.280. The summed E-state index contributed by atoms with van der Waals surface area (Å²) in [7, 11) is 0. The minimum atomic E-state index is -0.437. The highest BCUT2D eigenvalue weighted by Gasteiger charge is 2.22. The molecule has 3 heterocycles. The number of fused-ring (bicyclic) bond motifs is 1. The quantitative estimate of drug-likeness (QED) is 0.320. The first-order valence-electron chi connectivity index (χ1n) is 10.7. The molecule has 5 rings (SSSR count). The molecule has 1 aliphatic heterocycles. The van der Waals surface area contributed by atoms with E-state index in [0.717, 1.165) is 40.5 Å². The first-order valence-corrected chi connectivity index (χ1v) is 12.4. The number of hydrogen-bond acceptors (Lipinski definition) is 6. The van der Waals surface area contributed by atoms with Gasteiger partial charge < -0.3 is 9.52 Å². The zero-order valence-corrected chi connectivity index (χ0v) is 20.1. The summed E-state index contributed by atoms with van der Waals surface area (Å²) in [5, 5.41) is 13.9. The molecule has 0 radical (unpaired) electrons. The SMILES string of the molecule is CC1CCCCN1Cc1c(O)ccc2cc(-c3nc(-c4ccc(Br)cc4)cs3)c(=O)oc12. The summed E-state index contributed by atoms with van der Waals surface area (Å²) in [4.78, 5) is 20.0. The van der Waals surface area contributed by atoms with E-state index in [0.29, 0.717) is 34.3 Å². The van der Waals surface area contributed by atoms with Gasteiger partial charge in [-0.25, -0.2) is 9.78 Å². The van der Waals surface area contributed by atoms with E-state index >= 15 is 0 Å². The van der Waals surface area contributed by atoms with Crippen molar-refractivity contribution < 1.29 is 9.52 Å². The number of likely N-dealkylation sites (tertiary alicyclic amines) is 1. The lowest BCUT2D eigenvalue weighted by molar-refractivity contribution is 0.151. The van der Waals surface area contributed by atoms with E-state index in [1.165, 1.54) is 17.8 Å². The molecular weight excluding hydrogens is 488 g/mol. The molecular formula is C25H23BrN2O3S. The molecule has 1 N–H and O–H groups in total. The largest absolute Gasteiger partial charge is 0.507 e. The van der Waals surface area contributed by atoms with E-state index in [2.05, 4.69) is 32.7 Å². The molecule has 32 heavy (non-hydrogen) atoms. The van der Waals surface area contributed by atoms with Gasteiger partial charge >= 0.3 is 5.63 Å². The number of piperidine rings is 1. The Kier molecular flexibility index (Phi) is 5.88. The minimum Gasteiger partial charge on any atom is -0.507 e. The van der Waals surface area contributed by atoms with Crippen LogP contribution in [-0.4, -0.2) is 27.6 Å². The smallest absolute Gasteiger partial charge is 0.346 e. The van der Waals surface area contributed by atoms with Crippen LogP contribution in [0.2, 0.25) is 0 Å². The molecule has 0 saturated carbocycles. The second kappa shape index (κ2) is 8.81. The van der Waals surface area contributed by atoms with Crippen molar-refractivity contribution >= 4 is 38.2 Å². The number of thiazole rings is 1. The Labute approximate surface area is 198 Å². The van der Waals surface area contributed by atoms with Gasteiger partial charge in [-0.05, 0) is 56.6 Å². The van der Waals surface area contributed by atoms with Crippen molar-refractivity contribution in [1.29, 1.82) is 0 Å². The van der Waals surface area contributed by atoms with Gasteiger partial charge in [-0.2, -0.15) is 0 Å². The zero-order valence-electron chi connectivity index (χ0n) is 17.7. The van der Waals surface area contributed by atoms with Crippen LogP contribution in [0, 0.1) is 0 Å². The molecule has 1 aliphatic rings. The van der Waals surface area contributed by atoms with Crippen molar-refractivity contribution in [3.8, 4) is 27.6 Å². The molecule has 0 bridgehead atoms. The van der Waals surface area contributed by atoms with Crippen molar-refractivity contribution in [3.63, 3.8) is 0 Å². The highest BCUT2D eigenvalue weighted by molar-refractivity contribution is 9.10. The van der Waals surface area contributed by atoms with Crippen molar-refractivity contribution in [2.75, 3.05) is 6.54 Å². The van der Waals surface area contributed by atoms with Gasteiger partial charge in [-0.15, -0.1) is 11.3 Å². The van der Waals surface area contributed by atoms with E-state index in [1.54, 1.807) is 12.1 Å². The van der Waals surface area contributed by atoms with Gasteiger partial charge in [0.2, 0.25) is 0 Å². The van der Waals surface area contributed by atoms with Crippen molar-refractivity contribution in [2.45, 2.75) is 38.8 Å². The van der Waals surface area contributed by atoms with E-state index in [-0.39, 0.29) is 5.75 Å². The molecule has 2 aromatic carbocycles. The number of hydrogen-bond donors (Lipinski definition) is 1. The van der Waals surface area contributed by atoms with Gasteiger partial charge in [-0.1, -0.05) is 34.5 Å². The summed E-state index contributed by atoms with van der Waals surface area (Å²) >= 11 is 4.87. The Morgan fingerprint density at radius 2 is 2.03 bits per heavy atom. The van der Waals surface area contributed by atoms with Crippen molar-refractivity contribution in [2.24, 2.45) is 0 Å². The molecule has 5 nitrogen and oxygen atoms in total. The third-order valence-electron chi connectivity index (χ3n) is 6.16. The number of phenolic OH excluding ortho intramolecular Hbond substituents is 1. The lowest BCUT2D eigenvalue weighted by Gasteiger charge is -2.33. The molecule has 0 amide bonds. The van der Waals surface area contributed by atoms with Gasteiger partial charge in [0.1, 0.15) is 16.3 Å². The summed E-state index contributed by atoms with van der Waals surface area (Å²) in [6.45, 7) is 3.76. The monoisotopic (exact) mass is 510 g/mol. The maximum atomic E-state index is 12.9. The summed E-state index contributed by atoms with van der Waals surface area (Å²) < 4.78 is 6.79. The standard InChI is InChI=1S/C25H23BrN2O3S/c1-15-4-2-3-11-28(15)13-20-22(29)10-7-17-12-19(25(30)31-23(17)20)24-27-21(14-32-24)16-5-8-18(26)9-6-16/h5-10,12,14-15,29H,2-4,11,13H2,1H3. The summed E-state index contributed by atoms with van der Waals surface area (Å²) in [6, 6.07) is 13.7. The van der Waals surface area contributed by atoms with Crippen LogP contribution in [0.4, 0.5) is 0 Å². The number of rotatable bonds is 4. The molecule has 4 aromatic rings. The van der Waals surface area contributed by atoms with Gasteiger partial charge in [-0.3, -0.25) is 4.90 Å². The fourth-order valence-electron chi connectivity index (χ4n) is 4.28. The molecule has 164 valence electrons. The topological polar surface area (TPSA) is 66.6 Å². The summed E-state index contributed by atoms with van der Waals surface area (Å²) in [5.41, 5.74) is 2.95. The first-order chi connectivity index (χ1) is 15.5. The van der Waals surface area contributed by atoms with Gasteiger partial charge in [0, 0.05) is 33.4 Å². The number of nitrogens with zero attached hydrogens (tertiary/aromatic N) is 2. The third-order valence-corrected chi connectivity index (χ3v) is 7.56. The van der Waals surface area contributed by atoms with E-state index in [9.17, 15) is 9.90 Å². The molecule has 2 aromatic heterocycles. The van der Waals surface area contributed by atoms with Gasteiger partial charge in [0.25, 0.3) is 0 Å². The Morgan fingerprint density at radius 1 is 1.22 bits per heavy atom. The Hall–Kier alpha value is -2.48. The van der Waals surface area contributed by atoms with Crippen LogP contribution in [0.25, 0.3) is 32.8 Å². The third kappa shape index (κ3) is 4.12. The number of halogens is 1. The highest BCUT2D eigenvalue weighted by Crippen LogP contribution is 2.33. The Morgan fingerprint density at radius 3 is 2.81 bits per heavy atom. The number of aromatic hydroxyl groups is 1. The van der Waals surface area contributed by atoms with Crippen LogP contribution in [-0.2, 0) is 6.54 Å². The van der Waals surface area contributed by atoms with Crippen LogP contribution in [0.5, 0.6) is 5.75 Å². The molecule has 1 fully saturated rings. The van der Waals surface area contributed by atoms with Crippen LogP contribution < -0.4 is 5.63 Å². The normalized spacial score (nSPS) is 17.1. The second-order valence-electron chi connectivity index (χ2n) is 8.29. The molecule has 1 saturated heterocycles. The van der Waals surface area contributed by atoms with Crippen molar-refractivity contribution in [1.82, 2.24) is 9.88 Å². The highest BCUT2D eigenvalue weighted by atomic mass is 79.9. The van der Waals surface area contributed by atoms with Crippen molar-refractivity contribution in [3.05, 3.63) is 68.3 Å².